The second-order valence-corrected chi connectivity index (χ2v) is 5.09. The van der Waals surface area contributed by atoms with Gasteiger partial charge in [0.05, 0.1) is 11.8 Å². The molecule has 96 valence electrons. The molecule has 4 nitrogen and oxygen atoms in total. The van der Waals surface area contributed by atoms with Crippen LogP contribution in [0.3, 0.4) is 0 Å². The molecule has 0 aliphatic carbocycles. The van der Waals surface area contributed by atoms with Gasteiger partial charge in [0.15, 0.2) is 11.0 Å². The zero-order valence-corrected chi connectivity index (χ0v) is 11.3. The Balaban J connectivity index is 1.76. The van der Waals surface area contributed by atoms with Gasteiger partial charge in [-0.15, -0.1) is 10.2 Å². The van der Waals surface area contributed by atoms with Crippen LogP contribution in [-0.2, 0) is 12.8 Å². The molecule has 5 heteroatoms. The second-order valence-electron chi connectivity index (χ2n) is 4.15. The number of rotatable bonds is 4. The molecule has 0 fully saturated rings. The fourth-order valence-electron chi connectivity index (χ4n) is 1.81. The molecule has 0 unspecified atom stereocenters. The Hall–Kier alpha value is -2.01. The lowest BCUT2D eigenvalue weighted by molar-refractivity contribution is 0.567. The van der Waals surface area contributed by atoms with E-state index in [2.05, 4.69) is 22.3 Å². The van der Waals surface area contributed by atoms with Crippen LogP contribution in [0.1, 0.15) is 5.56 Å². The van der Waals surface area contributed by atoms with Crippen molar-refractivity contribution in [3.8, 4) is 11.4 Å². The molecule has 0 amide bonds. The van der Waals surface area contributed by atoms with Crippen LogP contribution in [0.4, 0.5) is 0 Å². The minimum Gasteiger partial charge on any atom is -0.472 e. The van der Waals surface area contributed by atoms with Crippen molar-refractivity contribution in [1.29, 1.82) is 0 Å². The number of furan rings is 1. The summed E-state index contributed by atoms with van der Waals surface area (Å²) in [6.45, 7) is 0. The Kier molecular flexibility index (Phi) is 3.37. The zero-order valence-electron chi connectivity index (χ0n) is 10.5. The van der Waals surface area contributed by atoms with Gasteiger partial charge in [-0.05, 0) is 11.6 Å². The fraction of sp³-hybridized carbons (Fsp3) is 0.143. The minimum atomic E-state index is 0.823. The molecule has 0 bridgehead atoms. The maximum atomic E-state index is 5.07. The summed E-state index contributed by atoms with van der Waals surface area (Å²) in [4.78, 5) is 0. The monoisotopic (exact) mass is 271 g/mol. The van der Waals surface area contributed by atoms with E-state index < -0.39 is 0 Å². The quantitative estimate of drug-likeness (QED) is 0.682. The number of hydrogen-bond donors (Lipinski definition) is 0. The van der Waals surface area contributed by atoms with Gasteiger partial charge in [0.25, 0.3) is 0 Å². The van der Waals surface area contributed by atoms with E-state index in [1.54, 1.807) is 24.3 Å². The summed E-state index contributed by atoms with van der Waals surface area (Å²) in [5.41, 5.74) is 2.22. The summed E-state index contributed by atoms with van der Waals surface area (Å²) in [5.74, 6) is 1.71. The van der Waals surface area contributed by atoms with Crippen LogP contribution in [0.5, 0.6) is 0 Å². The molecule has 0 atom stereocenters. The first-order chi connectivity index (χ1) is 9.34. The molecule has 0 aliphatic heterocycles. The molecule has 2 heterocycles. The highest BCUT2D eigenvalue weighted by Gasteiger charge is 2.11. The predicted octanol–water partition coefficient (Wildman–Crippen LogP) is 3.37. The van der Waals surface area contributed by atoms with Gasteiger partial charge in [0.1, 0.15) is 6.26 Å². The minimum absolute atomic E-state index is 0.823. The third-order valence-electron chi connectivity index (χ3n) is 2.83. The second kappa shape index (κ2) is 5.32. The van der Waals surface area contributed by atoms with Crippen LogP contribution in [0.25, 0.3) is 11.4 Å². The molecule has 0 saturated heterocycles. The van der Waals surface area contributed by atoms with Gasteiger partial charge >= 0.3 is 0 Å². The largest absolute Gasteiger partial charge is 0.472 e. The molecule has 2 aromatic heterocycles. The molecule has 3 rings (SSSR count). The molecule has 0 radical (unpaired) electrons. The van der Waals surface area contributed by atoms with Gasteiger partial charge in [-0.2, -0.15) is 0 Å². The molecule has 3 aromatic rings. The average molecular weight is 271 g/mol. The Bertz CT molecular complexity index is 647. The van der Waals surface area contributed by atoms with E-state index in [1.165, 1.54) is 5.56 Å². The van der Waals surface area contributed by atoms with Gasteiger partial charge in [-0.25, -0.2) is 0 Å². The molecule has 0 aliphatic rings. The summed E-state index contributed by atoms with van der Waals surface area (Å²) in [6.07, 6.45) is 3.32. The van der Waals surface area contributed by atoms with E-state index in [1.807, 2.05) is 35.9 Å². The van der Waals surface area contributed by atoms with Crippen molar-refractivity contribution < 1.29 is 4.42 Å². The highest BCUT2D eigenvalue weighted by Crippen LogP contribution is 2.25. The maximum absolute atomic E-state index is 5.07. The standard InChI is InChI=1S/C14H13N3OS/c1-17-13(12-7-8-18-9-12)15-16-14(17)19-10-11-5-3-2-4-6-11/h2-9H,10H2,1H3. The van der Waals surface area contributed by atoms with Gasteiger partial charge in [-0.1, -0.05) is 42.1 Å². The van der Waals surface area contributed by atoms with Gasteiger partial charge in [0.2, 0.25) is 0 Å². The van der Waals surface area contributed by atoms with Gasteiger partial charge < -0.3 is 8.98 Å². The first kappa shape index (κ1) is 12.0. The Morgan fingerprint density at radius 1 is 1.16 bits per heavy atom. The van der Waals surface area contributed by atoms with E-state index in [0.29, 0.717) is 0 Å². The van der Waals surface area contributed by atoms with Crippen LogP contribution >= 0.6 is 11.8 Å². The highest BCUT2D eigenvalue weighted by atomic mass is 32.2. The lowest BCUT2D eigenvalue weighted by Crippen LogP contribution is -1.94. The van der Waals surface area contributed by atoms with E-state index in [0.717, 1.165) is 22.3 Å². The van der Waals surface area contributed by atoms with Gasteiger partial charge in [0, 0.05) is 12.8 Å². The smallest absolute Gasteiger partial charge is 0.191 e. The molecule has 1 aromatic carbocycles. The average Bonchev–Trinajstić information content (AvgIpc) is 3.07. The number of nitrogens with zero attached hydrogens (tertiary/aromatic N) is 3. The first-order valence-corrected chi connectivity index (χ1v) is 6.92. The number of aromatic nitrogens is 3. The SMILES string of the molecule is Cn1c(SCc2ccccc2)nnc1-c1ccoc1. The number of benzene rings is 1. The Morgan fingerprint density at radius 3 is 2.74 bits per heavy atom. The summed E-state index contributed by atoms with van der Waals surface area (Å²) in [5, 5.41) is 9.33. The van der Waals surface area contributed by atoms with Crippen LogP contribution in [0, 0.1) is 0 Å². The third kappa shape index (κ3) is 2.56. The summed E-state index contributed by atoms with van der Waals surface area (Å²) in [6, 6.07) is 12.2. The lowest BCUT2D eigenvalue weighted by atomic mass is 10.2. The van der Waals surface area contributed by atoms with E-state index in [9.17, 15) is 0 Å². The van der Waals surface area contributed by atoms with Crippen molar-refractivity contribution in [3.63, 3.8) is 0 Å². The van der Waals surface area contributed by atoms with E-state index in [4.69, 9.17) is 4.42 Å². The maximum Gasteiger partial charge on any atom is 0.191 e. The fourth-order valence-corrected chi connectivity index (χ4v) is 2.67. The van der Waals surface area contributed by atoms with Gasteiger partial charge in [-0.3, -0.25) is 0 Å². The van der Waals surface area contributed by atoms with Crippen molar-refractivity contribution in [2.45, 2.75) is 10.9 Å². The summed E-state index contributed by atoms with van der Waals surface area (Å²) >= 11 is 1.68. The zero-order chi connectivity index (χ0) is 13.1. The Labute approximate surface area is 115 Å². The van der Waals surface area contributed by atoms with Crippen molar-refractivity contribution in [2.75, 3.05) is 0 Å². The highest BCUT2D eigenvalue weighted by molar-refractivity contribution is 7.98. The molecule has 19 heavy (non-hydrogen) atoms. The normalized spacial score (nSPS) is 10.8. The molecular weight excluding hydrogens is 258 g/mol. The first-order valence-electron chi connectivity index (χ1n) is 5.93. The van der Waals surface area contributed by atoms with Crippen LogP contribution in [0.15, 0.2) is 58.5 Å². The van der Waals surface area contributed by atoms with Crippen LogP contribution in [-0.4, -0.2) is 14.8 Å². The van der Waals surface area contributed by atoms with Crippen molar-refractivity contribution in [1.82, 2.24) is 14.8 Å². The third-order valence-corrected chi connectivity index (χ3v) is 3.92. The molecule has 0 saturated carbocycles. The van der Waals surface area contributed by atoms with Crippen LogP contribution < -0.4 is 0 Å². The number of thioether (sulfide) groups is 1. The molecule has 0 N–H and O–H groups in total. The predicted molar refractivity (Wildman–Crippen MR) is 74.7 cm³/mol. The van der Waals surface area contributed by atoms with Crippen LogP contribution in [0.2, 0.25) is 0 Å². The number of hydrogen-bond acceptors (Lipinski definition) is 4. The summed E-state index contributed by atoms with van der Waals surface area (Å²) in [7, 11) is 1.97. The Morgan fingerprint density at radius 2 is 2.00 bits per heavy atom. The summed E-state index contributed by atoms with van der Waals surface area (Å²) < 4.78 is 7.06. The molecular formula is C14H13N3OS. The topological polar surface area (TPSA) is 43.9 Å². The van der Waals surface area contributed by atoms with E-state index in [-0.39, 0.29) is 0 Å². The van der Waals surface area contributed by atoms with Crippen molar-refractivity contribution in [2.24, 2.45) is 7.05 Å². The van der Waals surface area contributed by atoms with Crippen molar-refractivity contribution in [3.05, 3.63) is 54.5 Å². The van der Waals surface area contributed by atoms with Crippen molar-refractivity contribution >= 4 is 11.8 Å². The lowest BCUT2D eigenvalue weighted by Gasteiger charge is -2.02. The van der Waals surface area contributed by atoms with E-state index >= 15 is 0 Å². The molecule has 0 spiro atoms.